The molecule has 3 nitrogen and oxygen atoms in total. The molecule has 4 rings (SSSR count). The number of aromatic nitrogens is 1. The maximum atomic E-state index is 6.01. The van der Waals surface area contributed by atoms with E-state index >= 15 is 0 Å². The molecule has 2 aromatic heterocycles. The van der Waals surface area contributed by atoms with Crippen LogP contribution in [0.2, 0.25) is 5.02 Å². The van der Waals surface area contributed by atoms with Crippen LogP contribution in [0.25, 0.3) is 33.2 Å². The van der Waals surface area contributed by atoms with E-state index in [9.17, 15) is 0 Å². The number of rotatable bonds is 2. The Labute approximate surface area is 138 Å². The molecule has 0 unspecified atom stereocenters. The maximum absolute atomic E-state index is 6.01. The minimum atomic E-state index is 0.705. The number of halogens is 1. The molecule has 0 radical (unpaired) electrons. The van der Waals surface area contributed by atoms with Gasteiger partial charge in [0.25, 0.3) is 0 Å². The number of pyridine rings is 1. The van der Waals surface area contributed by atoms with Crippen molar-refractivity contribution in [2.45, 2.75) is 6.92 Å². The standard InChI is InChI=1S/C19H14ClNO2/c1-11-9-17-18(15-10-14(22-2)7-8-16(15)23-17)19(21-11)12-3-5-13(20)6-4-12/h3-10H,1-2H3. The molecule has 4 heteroatoms. The zero-order valence-electron chi connectivity index (χ0n) is 12.8. The Morgan fingerprint density at radius 3 is 2.52 bits per heavy atom. The van der Waals surface area contributed by atoms with Gasteiger partial charge in [0.05, 0.1) is 18.2 Å². The lowest BCUT2D eigenvalue weighted by molar-refractivity contribution is 0.415. The first-order valence-corrected chi connectivity index (χ1v) is 7.67. The first-order valence-electron chi connectivity index (χ1n) is 7.29. The molecule has 0 aliphatic carbocycles. The van der Waals surface area contributed by atoms with Crippen molar-refractivity contribution >= 4 is 33.5 Å². The van der Waals surface area contributed by atoms with E-state index in [-0.39, 0.29) is 0 Å². The van der Waals surface area contributed by atoms with Gasteiger partial charge in [-0.05, 0) is 37.3 Å². The summed E-state index contributed by atoms with van der Waals surface area (Å²) >= 11 is 6.01. The smallest absolute Gasteiger partial charge is 0.139 e. The van der Waals surface area contributed by atoms with Gasteiger partial charge in [-0.1, -0.05) is 23.7 Å². The molecule has 0 bridgehead atoms. The van der Waals surface area contributed by atoms with E-state index in [1.54, 1.807) is 7.11 Å². The molecule has 0 N–H and O–H groups in total. The average Bonchev–Trinajstić information content (AvgIpc) is 2.91. The van der Waals surface area contributed by atoms with Crippen molar-refractivity contribution in [1.82, 2.24) is 4.98 Å². The Morgan fingerprint density at radius 1 is 1.00 bits per heavy atom. The molecule has 0 amide bonds. The SMILES string of the molecule is COc1ccc2oc3cc(C)nc(-c4ccc(Cl)cc4)c3c2c1. The molecule has 114 valence electrons. The fourth-order valence-electron chi connectivity index (χ4n) is 2.84. The summed E-state index contributed by atoms with van der Waals surface area (Å²) in [6, 6.07) is 15.5. The molecule has 2 heterocycles. The van der Waals surface area contributed by atoms with E-state index < -0.39 is 0 Å². The van der Waals surface area contributed by atoms with Crippen molar-refractivity contribution in [2.24, 2.45) is 0 Å². The minimum Gasteiger partial charge on any atom is -0.497 e. The van der Waals surface area contributed by atoms with Crippen molar-refractivity contribution < 1.29 is 9.15 Å². The quantitative estimate of drug-likeness (QED) is 0.480. The van der Waals surface area contributed by atoms with Crippen molar-refractivity contribution in [3.8, 4) is 17.0 Å². The predicted molar refractivity (Wildman–Crippen MR) is 93.3 cm³/mol. The van der Waals surface area contributed by atoms with Crippen LogP contribution in [0.5, 0.6) is 5.75 Å². The third-order valence-electron chi connectivity index (χ3n) is 3.90. The summed E-state index contributed by atoms with van der Waals surface area (Å²) in [6.45, 7) is 1.96. The lowest BCUT2D eigenvalue weighted by Crippen LogP contribution is -1.88. The van der Waals surface area contributed by atoms with E-state index in [1.165, 1.54) is 0 Å². The van der Waals surface area contributed by atoms with Crippen molar-refractivity contribution in [2.75, 3.05) is 7.11 Å². The van der Waals surface area contributed by atoms with Gasteiger partial charge in [0.15, 0.2) is 0 Å². The van der Waals surface area contributed by atoms with Gasteiger partial charge >= 0.3 is 0 Å². The van der Waals surface area contributed by atoms with Crippen LogP contribution in [0.3, 0.4) is 0 Å². The summed E-state index contributed by atoms with van der Waals surface area (Å²) in [7, 11) is 1.66. The van der Waals surface area contributed by atoms with Crippen molar-refractivity contribution in [1.29, 1.82) is 0 Å². The summed E-state index contributed by atoms with van der Waals surface area (Å²) < 4.78 is 11.3. The van der Waals surface area contributed by atoms with E-state index in [2.05, 4.69) is 0 Å². The van der Waals surface area contributed by atoms with Crippen LogP contribution < -0.4 is 4.74 Å². The summed E-state index contributed by atoms with van der Waals surface area (Å²) in [4.78, 5) is 4.74. The van der Waals surface area contributed by atoms with Crippen molar-refractivity contribution in [3.63, 3.8) is 0 Å². The molecule has 2 aromatic carbocycles. The Hall–Kier alpha value is -2.52. The predicted octanol–water partition coefficient (Wildman–Crippen LogP) is 5.62. The Bertz CT molecular complexity index is 1020. The number of hydrogen-bond donors (Lipinski definition) is 0. The van der Waals surface area contributed by atoms with E-state index in [0.717, 1.165) is 44.6 Å². The molecule has 4 aromatic rings. The third-order valence-corrected chi connectivity index (χ3v) is 4.16. The largest absolute Gasteiger partial charge is 0.497 e. The second-order valence-corrected chi connectivity index (χ2v) is 5.89. The first-order chi connectivity index (χ1) is 11.2. The second kappa shape index (κ2) is 5.28. The lowest BCUT2D eigenvalue weighted by Gasteiger charge is -2.05. The fourth-order valence-corrected chi connectivity index (χ4v) is 2.97. The van der Waals surface area contributed by atoms with Crippen LogP contribution >= 0.6 is 11.6 Å². The van der Waals surface area contributed by atoms with Crippen molar-refractivity contribution in [3.05, 3.63) is 59.2 Å². The number of aryl methyl sites for hydroxylation is 1. The Balaban J connectivity index is 2.11. The Kier molecular flexibility index (Phi) is 3.24. The number of ether oxygens (including phenoxy) is 1. The summed E-state index contributed by atoms with van der Waals surface area (Å²) in [6.07, 6.45) is 0. The monoisotopic (exact) mass is 323 g/mol. The van der Waals surface area contributed by atoms with Gasteiger partial charge in [0.1, 0.15) is 16.9 Å². The van der Waals surface area contributed by atoms with Gasteiger partial charge in [-0.3, -0.25) is 4.98 Å². The first kappa shape index (κ1) is 14.1. The maximum Gasteiger partial charge on any atom is 0.139 e. The molecular formula is C19H14ClNO2. The van der Waals surface area contributed by atoms with Crippen LogP contribution in [0.15, 0.2) is 52.9 Å². The number of nitrogens with zero attached hydrogens (tertiary/aromatic N) is 1. The Morgan fingerprint density at radius 2 is 1.78 bits per heavy atom. The number of furan rings is 1. The normalized spacial score (nSPS) is 11.3. The second-order valence-electron chi connectivity index (χ2n) is 5.46. The highest BCUT2D eigenvalue weighted by Crippen LogP contribution is 2.37. The minimum absolute atomic E-state index is 0.705. The number of methoxy groups -OCH3 is 1. The summed E-state index contributed by atoms with van der Waals surface area (Å²) in [5.41, 5.74) is 4.46. The topological polar surface area (TPSA) is 35.3 Å². The number of fused-ring (bicyclic) bond motifs is 3. The lowest BCUT2D eigenvalue weighted by atomic mass is 10.0. The van der Waals surface area contributed by atoms with Gasteiger partial charge in [-0.2, -0.15) is 0 Å². The van der Waals surface area contributed by atoms with Gasteiger partial charge in [0, 0.05) is 27.7 Å². The molecular weight excluding hydrogens is 310 g/mol. The third kappa shape index (κ3) is 2.34. The molecule has 0 saturated heterocycles. The average molecular weight is 324 g/mol. The van der Waals surface area contributed by atoms with Crippen LogP contribution in [-0.4, -0.2) is 12.1 Å². The van der Waals surface area contributed by atoms with Gasteiger partial charge in [-0.15, -0.1) is 0 Å². The van der Waals surface area contributed by atoms with Crippen LogP contribution in [0.1, 0.15) is 5.69 Å². The highest BCUT2D eigenvalue weighted by atomic mass is 35.5. The fraction of sp³-hybridized carbons (Fsp3) is 0.105. The molecule has 23 heavy (non-hydrogen) atoms. The van der Waals surface area contributed by atoms with E-state index in [4.69, 9.17) is 25.7 Å². The van der Waals surface area contributed by atoms with Gasteiger partial charge in [0.2, 0.25) is 0 Å². The van der Waals surface area contributed by atoms with Gasteiger partial charge < -0.3 is 9.15 Å². The summed E-state index contributed by atoms with van der Waals surface area (Å²) in [5.74, 6) is 0.794. The molecule has 0 spiro atoms. The highest BCUT2D eigenvalue weighted by Gasteiger charge is 2.15. The zero-order chi connectivity index (χ0) is 16.0. The number of hydrogen-bond acceptors (Lipinski definition) is 3. The zero-order valence-corrected chi connectivity index (χ0v) is 13.5. The van der Waals surface area contributed by atoms with E-state index in [1.807, 2.05) is 55.5 Å². The van der Waals surface area contributed by atoms with Crippen LogP contribution in [-0.2, 0) is 0 Å². The highest BCUT2D eigenvalue weighted by molar-refractivity contribution is 6.30. The number of benzene rings is 2. The van der Waals surface area contributed by atoms with E-state index in [0.29, 0.717) is 5.02 Å². The summed E-state index contributed by atoms with van der Waals surface area (Å²) in [5, 5.41) is 2.69. The molecule has 0 atom stereocenters. The molecule has 0 fully saturated rings. The molecule has 0 aliphatic heterocycles. The molecule has 0 saturated carbocycles. The van der Waals surface area contributed by atoms with Gasteiger partial charge in [-0.25, -0.2) is 0 Å². The van der Waals surface area contributed by atoms with Crippen LogP contribution in [0, 0.1) is 6.92 Å². The molecule has 0 aliphatic rings. The van der Waals surface area contributed by atoms with Crippen LogP contribution in [0.4, 0.5) is 0 Å².